The van der Waals surface area contributed by atoms with Crippen molar-refractivity contribution >= 4 is 0 Å². The van der Waals surface area contributed by atoms with Crippen molar-refractivity contribution in [1.82, 2.24) is 10.2 Å². The van der Waals surface area contributed by atoms with E-state index in [1.807, 2.05) is 0 Å². The third-order valence-electron chi connectivity index (χ3n) is 4.11. The summed E-state index contributed by atoms with van der Waals surface area (Å²) in [6, 6.07) is 0.624. The van der Waals surface area contributed by atoms with Gasteiger partial charge in [0, 0.05) is 31.8 Å². The lowest BCUT2D eigenvalue weighted by atomic mass is 9.96. The van der Waals surface area contributed by atoms with E-state index in [2.05, 4.69) is 37.9 Å². The Morgan fingerprint density at radius 2 is 2.18 bits per heavy atom. The van der Waals surface area contributed by atoms with Crippen molar-refractivity contribution in [2.75, 3.05) is 33.4 Å². The van der Waals surface area contributed by atoms with Gasteiger partial charge >= 0.3 is 0 Å². The van der Waals surface area contributed by atoms with Crippen molar-refractivity contribution < 1.29 is 4.74 Å². The van der Waals surface area contributed by atoms with Gasteiger partial charge in [0.15, 0.2) is 0 Å². The smallest absolute Gasteiger partial charge is 0.0641 e. The Hall–Kier alpha value is -0.120. The monoisotopic (exact) mass is 242 g/mol. The normalized spacial score (nSPS) is 25.6. The van der Waals surface area contributed by atoms with Crippen LogP contribution in [0.3, 0.4) is 0 Å². The van der Waals surface area contributed by atoms with Gasteiger partial charge in [-0.05, 0) is 32.7 Å². The zero-order chi connectivity index (χ0) is 12.9. The van der Waals surface area contributed by atoms with E-state index in [4.69, 9.17) is 4.74 Å². The molecular weight excluding hydrogens is 212 g/mol. The number of hydrogen-bond donors (Lipinski definition) is 1. The average molecular weight is 242 g/mol. The molecule has 1 N–H and O–H groups in total. The maximum absolute atomic E-state index is 5.36. The molecule has 0 bridgehead atoms. The van der Waals surface area contributed by atoms with Gasteiger partial charge < -0.3 is 10.1 Å². The molecule has 1 rings (SSSR count). The van der Waals surface area contributed by atoms with Crippen LogP contribution in [0.1, 0.15) is 40.5 Å². The number of rotatable bonds is 5. The summed E-state index contributed by atoms with van der Waals surface area (Å²) in [6.07, 6.45) is 2.48. The predicted octanol–water partition coefficient (Wildman–Crippen LogP) is 2.12. The van der Waals surface area contributed by atoms with E-state index in [-0.39, 0.29) is 5.54 Å². The standard InChI is InChI=1S/C14H30N2O/c1-6-12(2)13-10-16(9-7-8-15-13)14(3,4)11-17-5/h12-13,15H,6-11H2,1-5H3. The van der Waals surface area contributed by atoms with E-state index in [9.17, 15) is 0 Å². The lowest BCUT2D eigenvalue weighted by Gasteiger charge is -2.39. The fourth-order valence-corrected chi connectivity index (χ4v) is 2.61. The van der Waals surface area contributed by atoms with E-state index >= 15 is 0 Å². The van der Waals surface area contributed by atoms with Crippen molar-refractivity contribution in [1.29, 1.82) is 0 Å². The molecule has 0 aliphatic carbocycles. The molecule has 0 aromatic heterocycles. The molecule has 0 aromatic rings. The van der Waals surface area contributed by atoms with Gasteiger partial charge in [-0.25, -0.2) is 0 Å². The van der Waals surface area contributed by atoms with Gasteiger partial charge in [0.1, 0.15) is 0 Å². The second-order valence-corrected chi connectivity index (χ2v) is 5.99. The van der Waals surface area contributed by atoms with Crippen LogP contribution in [0.2, 0.25) is 0 Å². The zero-order valence-electron chi connectivity index (χ0n) is 12.3. The number of methoxy groups -OCH3 is 1. The van der Waals surface area contributed by atoms with Gasteiger partial charge in [0.2, 0.25) is 0 Å². The molecule has 102 valence electrons. The summed E-state index contributed by atoms with van der Waals surface area (Å²) in [6.45, 7) is 13.5. The van der Waals surface area contributed by atoms with E-state index in [0.29, 0.717) is 6.04 Å². The highest BCUT2D eigenvalue weighted by atomic mass is 16.5. The average Bonchev–Trinajstić information content (AvgIpc) is 2.54. The van der Waals surface area contributed by atoms with Crippen molar-refractivity contribution in [3.05, 3.63) is 0 Å². The Morgan fingerprint density at radius 1 is 1.47 bits per heavy atom. The summed E-state index contributed by atoms with van der Waals surface area (Å²) in [5, 5.41) is 3.69. The molecule has 0 amide bonds. The van der Waals surface area contributed by atoms with Crippen LogP contribution in [-0.2, 0) is 4.74 Å². The number of nitrogens with one attached hydrogen (secondary N) is 1. The van der Waals surface area contributed by atoms with Gasteiger partial charge in [0.05, 0.1) is 6.61 Å². The molecule has 0 radical (unpaired) electrons. The van der Waals surface area contributed by atoms with Crippen molar-refractivity contribution in [2.24, 2.45) is 5.92 Å². The van der Waals surface area contributed by atoms with Crippen LogP contribution >= 0.6 is 0 Å². The minimum atomic E-state index is 0.145. The highest BCUT2D eigenvalue weighted by Gasteiger charge is 2.31. The largest absolute Gasteiger partial charge is 0.383 e. The molecule has 17 heavy (non-hydrogen) atoms. The van der Waals surface area contributed by atoms with Gasteiger partial charge in [-0.2, -0.15) is 0 Å². The molecule has 1 heterocycles. The minimum Gasteiger partial charge on any atom is -0.383 e. The van der Waals surface area contributed by atoms with Gasteiger partial charge in [0.25, 0.3) is 0 Å². The summed E-state index contributed by atoms with van der Waals surface area (Å²) in [7, 11) is 1.80. The first-order valence-corrected chi connectivity index (χ1v) is 6.98. The fraction of sp³-hybridized carbons (Fsp3) is 1.00. The Balaban J connectivity index is 2.65. The lowest BCUT2D eigenvalue weighted by molar-refractivity contribution is 0.0294. The molecule has 2 unspecified atom stereocenters. The first-order valence-electron chi connectivity index (χ1n) is 6.98. The number of nitrogens with zero attached hydrogens (tertiary/aromatic N) is 1. The lowest BCUT2D eigenvalue weighted by Crippen LogP contribution is -2.52. The van der Waals surface area contributed by atoms with Crippen molar-refractivity contribution in [2.45, 2.75) is 52.1 Å². The van der Waals surface area contributed by atoms with Crippen molar-refractivity contribution in [3.63, 3.8) is 0 Å². The second kappa shape index (κ2) is 6.72. The van der Waals surface area contributed by atoms with E-state index in [1.54, 1.807) is 7.11 Å². The molecule has 1 aliphatic rings. The van der Waals surface area contributed by atoms with Crippen molar-refractivity contribution in [3.8, 4) is 0 Å². The zero-order valence-corrected chi connectivity index (χ0v) is 12.3. The molecule has 1 saturated heterocycles. The Labute approximate surface area is 107 Å². The molecule has 1 fully saturated rings. The summed E-state index contributed by atoms with van der Waals surface area (Å²) in [4.78, 5) is 2.59. The van der Waals surface area contributed by atoms with Crippen LogP contribution in [0, 0.1) is 5.92 Å². The number of hydrogen-bond acceptors (Lipinski definition) is 3. The Bertz CT molecular complexity index is 218. The molecule has 3 heteroatoms. The summed E-state index contributed by atoms with van der Waals surface area (Å²) < 4.78 is 5.36. The number of ether oxygens (including phenoxy) is 1. The van der Waals surface area contributed by atoms with Crippen LogP contribution in [0.4, 0.5) is 0 Å². The first kappa shape index (κ1) is 14.9. The molecular formula is C14H30N2O. The van der Waals surface area contributed by atoms with E-state index < -0.39 is 0 Å². The maximum Gasteiger partial charge on any atom is 0.0641 e. The van der Waals surface area contributed by atoms with Crippen LogP contribution in [0.5, 0.6) is 0 Å². The fourth-order valence-electron chi connectivity index (χ4n) is 2.61. The van der Waals surface area contributed by atoms with Crippen LogP contribution < -0.4 is 5.32 Å². The third kappa shape index (κ3) is 4.23. The van der Waals surface area contributed by atoms with Crippen LogP contribution in [0.15, 0.2) is 0 Å². The van der Waals surface area contributed by atoms with Gasteiger partial charge in [-0.1, -0.05) is 20.3 Å². The topological polar surface area (TPSA) is 24.5 Å². The third-order valence-corrected chi connectivity index (χ3v) is 4.11. The summed E-state index contributed by atoms with van der Waals surface area (Å²) in [5.74, 6) is 0.744. The molecule has 1 aliphatic heterocycles. The van der Waals surface area contributed by atoms with Crippen LogP contribution in [0.25, 0.3) is 0 Å². The molecule has 0 spiro atoms. The van der Waals surface area contributed by atoms with Gasteiger partial charge in [-0.15, -0.1) is 0 Å². The van der Waals surface area contributed by atoms with E-state index in [1.165, 1.54) is 19.4 Å². The predicted molar refractivity (Wildman–Crippen MR) is 73.4 cm³/mol. The maximum atomic E-state index is 5.36. The molecule has 0 aromatic carbocycles. The molecule has 0 saturated carbocycles. The summed E-state index contributed by atoms with van der Waals surface area (Å²) in [5.41, 5.74) is 0.145. The summed E-state index contributed by atoms with van der Waals surface area (Å²) >= 11 is 0. The van der Waals surface area contributed by atoms with Gasteiger partial charge in [-0.3, -0.25) is 4.90 Å². The quantitative estimate of drug-likeness (QED) is 0.799. The highest BCUT2D eigenvalue weighted by molar-refractivity contribution is 4.88. The molecule has 2 atom stereocenters. The van der Waals surface area contributed by atoms with E-state index in [0.717, 1.165) is 25.6 Å². The molecule has 3 nitrogen and oxygen atoms in total. The first-order chi connectivity index (χ1) is 8.01. The second-order valence-electron chi connectivity index (χ2n) is 5.99. The highest BCUT2D eigenvalue weighted by Crippen LogP contribution is 2.20. The minimum absolute atomic E-state index is 0.145. The Morgan fingerprint density at radius 3 is 2.76 bits per heavy atom. The Kier molecular flexibility index (Phi) is 5.90. The van der Waals surface area contributed by atoms with Crippen LogP contribution in [-0.4, -0.2) is 49.8 Å². The SMILES string of the molecule is CCC(C)C1CN(C(C)(C)COC)CCCN1.